The number of carbonyl (C=O) groups excluding carboxylic acids is 3. The number of fused-ring (bicyclic) bond motifs is 2. The lowest BCUT2D eigenvalue weighted by molar-refractivity contribution is -0.126. The van der Waals surface area contributed by atoms with Crippen molar-refractivity contribution in [3.05, 3.63) is 65.2 Å². The van der Waals surface area contributed by atoms with Gasteiger partial charge in [-0.15, -0.1) is 0 Å². The van der Waals surface area contributed by atoms with E-state index in [0.717, 1.165) is 4.90 Å². The first-order chi connectivity index (χ1) is 17.9. The lowest BCUT2D eigenvalue weighted by Crippen LogP contribution is -2.39. The number of rotatable bonds is 8. The molecule has 1 aliphatic heterocycles. The van der Waals surface area contributed by atoms with E-state index in [-0.39, 0.29) is 16.8 Å². The summed E-state index contributed by atoms with van der Waals surface area (Å²) in [5, 5.41) is 1.33. The Balaban J connectivity index is 1.71. The fourth-order valence-corrected chi connectivity index (χ4v) is 5.51. The smallest absolute Gasteiger partial charge is 0.270 e. The largest absolute Gasteiger partial charge is 0.492 e. The van der Waals surface area contributed by atoms with Gasteiger partial charge in [-0.25, -0.2) is 13.3 Å². The predicted octanol–water partition coefficient (Wildman–Crippen LogP) is 4.43. The van der Waals surface area contributed by atoms with Crippen LogP contribution < -0.4 is 19.1 Å². The second-order valence-corrected chi connectivity index (χ2v) is 11.6. The van der Waals surface area contributed by atoms with Gasteiger partial charge in [0.15, 0.2) is 0 Å². The van der Waals surface area contributed by atoms with Crippen LogP contribution in [0.15, 0.2) is 48.5 Å². The minimum atomic E-state index is -3.94. The van der Waals surface area contributed by atoms with Gasteiger partial charge in [-0.05, 0) is 31.5 Å². The van der Waals surface area contributed by atoms with Gasteiger partial charge in [-0.2, -0.15) is 0 Å². The zero-order chi connectivity index (χ0) is 27.8. The van der Waals surface area contributed by atoms with Gasteiger partial charge < -0.3 is 9.47 Å². The maximum atomic E-state index is 13.7. The van der Waals surface area contributed by atoms with Gasteiger partial charge in [0.25, 0.3) is 11.8 Å². The Morgan fingerprint density at radius 2 is 1.32 bits per heavy atom. The summed E-state index contributed by atoms with van der Waals surface area (Å²) in [7, 11) is -3.94. The van der Waals surface area contributed by atoms with Crippen LogP contribution >= 0.6 is 0 Å². The summed E-state index contributed by atoms with van der Waals surface area (Å²) in [4.78, 5) is 40.5. The topological polar surface area (TPSA) is 119 Å². The average Bonchev–Trinajstić information content (AvgIpc) is 3.10. The molecule has 0 atom stereocenters. The summed E-state index contributed by atoms with van der Waals surface area (Å²) in [6.45, 7) is 9.03. The maximum Gasteiger partial charge on any atom is 0.270 e. The molecule has 3 amide bonds. The third-order valence-electron chi connectivity index (χ3n) is 6.01. The van der Waals surface area contributed by atoms with Gasteiger partial charge in [0, 0.05) is 16.2 Å². The molecule has 0 saturated carbocycles. The van der Waals surface area contributed by atoms with E-state index in [4.69, 9.17) is 9.47 Å². The van der Waals surface area contributed by atoms with Gasteiger partial charge in [0.2, 0.25) is 15.9 Å². The first-order valence-electron chi connectivity index (χ1n) is 12.3. The molecule has 0 bridgehead atoms. The van der Waals surface area contributed by atoms with Crippen LogP contribution in [0.2, 0.25) is 0 Å². The molecule has 0 fully saturated rings. The number of hydrogen-bond acceptors (Lipinski definition) is 7. The molecule has 38 heavy (non-hydrogen) atoms. The molecule has 200 valence electrons. The van der Waals surface area contributed by atoms with E-state index in [1.165, 1.54) is 24.3 Å². The molecule has 0 radical (unpaired) electrons. The Bertz CT molecular complexity index is 1470. The highest BCUT2D eigenvalue weighted by molar-refractivity contribution is 7.89. The van der Waals surface area contributed by atoms with Crippen molar-refractivity contribution in [3.8, 4) is 11.5 Å². The number of hydrogen-bond donors (Lipinski definition) is 1. The van der Waals surface area contributed by atoms with Gasteiger partial charge in [0.05, 0.1) is 35.8 Å². The lowest BCUT2D eigenvalue weighted by atomic mass is 9.96. The SMILES string of the molecule is CCOc1c2c(c(OCC)c3ccccc13)C(=O)N(c1ccc(CS(=O)(=O)NC(=O)C(C)(C)C)cc1)C2=O. The Kier molecular flexibility index (Phi) is 7.20. The summed E-state index contributed by atoms with van der Waals surface area (Å²) < 4.78 is 38.8. The molecular formula is C28H30N2O7S. The first-order valence-corrected chi connectivity index (χ1v) is 13.9. The predicted molar refractivity (Wildman–Crippen MR) is 144 cm³/mol. The van der Waals surface area contributed by atoms with E-state index in [2.05, 4.69) is 4.72 Å². The summed E-state index contributed by atoms with van der Waals surface area (Å²) in [6.07, 6.45) is 0. The number of benzene rings is 3. The summed E-state index contributed by atoms with van der Waals surface area (Å²) >= 11 is 0. The van der Waals surface area contributed by atoms with Crippen molar-refractivity contribution in [2.75, 3.05) is 18.1 Å². The van der Waals surface area contributed by atoms with E-state index in [0.29, 0.717) is 41.0 Å². The van der Waals surface area contributed by atoms with Gasteiger partial charge in [-0.1, -0.05) is 57.2 Å². The Labute approximate surface area is 221 Å². The average molecular weight is 539 g/mol. The standard InChI is InChI=1S/C28H30N2O7S/c1-6-36-23-19-10-8-9-11-20(19)24(37-7-2)22-21(23)25(31)30(26(22)32)18-14-12-17(13-15-18)16-38(34,35)29-27(33)28(3,4)5/h8-15H,6-7,16H2,1-5H3,(H,29,33). The van der Waals surface area contributed by atoms with Gasteiger partial charge >= 0.3 is 0 Å². The molecule has 1 aliphatic rings. The first kappa shape index (κ1) is 27.1. The van der Waals surface area contributed by atoms with Crippen molar-refractivity contribution in [3.63, 3.8) is 0 Å². The van der Waals surface area contributed by atoms with Crippen molar-refractivity contribution in [2.24, 2.45) is 5.41 Å². The van der Waals surface area contributed by atoms with Crippen LogP contribution in [-0.4, -0.2) is 39.4 Å². The molecule has 1 heterocycles. The fraction of sp³-hybridized carbons (Fsp3) is 0.321. The molecule has 10 heteroatoms. The number of sulfonamides is 1. The van der Waals surface area contributed by atoms with Gasteiger partial charge in [0.1, 0.15) is 11.5 Å². The van der Waals surface area contributed by atoms with E-state index < -0.39 is 38.9 Å². The Morgan fingerprint density at radius 3 is 1.74 bits per heavy atom. The molecule has 0 spiro atoms. The number of ether oxygens (including phenoxy) is 2. The molecule has 1 N–H and O–H groups in total. The molecule has 9 nitrogen and oxygen atoms in total. The summed E-state index contributed by atoms with van der Waals surface area (Å²) in [6, 6.07) is 13.3. The second-order valence-electron chi connectivity index (χ2n) is 9.87. The Hall–Kier alpha value is -3.92. The van der Waals surface area contributed by atoms with Crippen molar-refractivity contribution < 1.29 is 32.3 Å². The molecule has 3 aromatic carbocycles. The molecule has 0 saturated heterocycles. The molecule has 4 rings (SSSR count). The molecule has 0 aliphatic carbocycles. The van der Waals surface area contributed by atoms with Crippen LogP contribution in [0.3, 0.4) is 0 Å². The quantitative estimate of drug-likeness (QED) is 0.422. The van der Waals surface area contributed by atoms with Crippen LogP contribution in [0.25, 0.3) is 10.8 Å². The third kappa shape index (κ3) is 4.96. The number of amides is 3. The molecular weight excluding hydrogens is 508 g/mol. The summed E-state index contributed by atoms with van der Waals surface area (Å²) in [5.74, 6) is -1.52. The number of nitrogens with one attached hydrogen (secondary N) is 1. The normalized spacial score (nSPS) is 13.6. The molecule has 3 aromatic rings. The van der Waals surface area contributed by atoms with Crippen LogP contribution in [0, 0.1) is 5.41 Å². The van der Waals surface area contributed by atoms with E-state index in [9.17, 15) is 22.8 Å². The second kappa shape index (κ2) is 10.1. The monoisotopic (exact) mass is 538 g/mol. The number of nitrogens with zero attached hydrogens (tertiary/aromatic N) is 1. The maximum absolute atomic E-state index is 13.7. The van der Waals surface area contributed by atoms with E-state index >= 15 is 0 Å². The lowest BCUT2D eigenvalue weighted by Gasteiger charge is -2.18. The number of imide groups is 1. The van der Waals surface area contributed by atoms with Crippen LogP contribution in [-0.2, 0) is 20.6 Å². The zero-order valence-electron chi connectivity index (χ0n) is 22.0. The molecule has 0 unspecified atom stereocenters. The van der Waals surface area contributed by atoms with Crippen LogP contribution in [0.5, 0.6) is 11.5 Å². The fourth-order valence-electron chi connectivity index (χ4n) is 4.21. The van der Waals surface area contributed by atoms with Crippen molar-refractivity contribution >= 4 is 44.2 Å². The minimum Gasteiger partial charge on any atom is -0.492 e. The van der Waals surface area contributed by atoms with Crippen LogP contribution in [0.4, 0.5) is 5.69 Å². The third-order valence-corrected chi connectivity index (χ3v) is 7.22. The van der Waals surface area contributed by atoms with Crippen molar-refractivity contribution in [2.45, 2.75) is 40.4 Å². The minimum absolute atomic E-state index is 0.135. The summed E-state index contributed by atoms with van der Waals surface area (Å²) in [5.41, 5.74) is 0.0555. The number of anilines is 1. The van der Waals surface area contributed by atoms with Crippen LogP contribution in [0.1, 0.15) is 60.9 Å². The van der Waals surface area contributed by atoms with E-state index in [1.54, 1.807) is 34.6 Å². The van der Waals surface area contributed by atoms with E-state index in [1.807, 2.05) is 24.3 Å². The Morgan fingerprint density at radius 1 is 0.842 bits per heavy atom. The highest BCUT2D eigenvalue weighted by atomic mass is 32.2. The molecule has 0 aromatic heterocycles. The van der Waals surface area contributed by atoms with Crippen molar-refractivity contribution in [1.82, 2.24) is 4.72 Å². The highest BCUT2D eigenvalue weighted by Crippen LogP contribution is 2.46. The number of carbonyl (C=O) groups is 3. The highest BCUT2D eigenvalue weighted by Gasteiger charge is 2.43. The van der Waals surface area contributed by atoms with Gasteiger partial charge in [-0.3, -0.25) is 19.1 Å². The van der Waals surface area contributed by atoms with Crippen molar-refractivity contribution in [1.29, 1.82) is 0 Å². The zero-order valence-corrected chi connectivity index (χ0v) is 22.8.